The van der Waals surface area contributed by atoms with Gasteiger partial charge >= 0.3 is 0 Å². The van der Waals surface area contributed by atoms with Gasteiger partial charge < -0.3 is 19.5 Å². The van der Waals surface area contributed by atoms with E-state index in [2.05, 4.69) is 25.1 Å². The number of rotatable bonds is 4. The Hall–Kier alpha value is -2.86. The summed E-state index contributed by atoms with van der Waals surface area (Å²) in [4.78, 5) is 19.7. The van der Waals surface area contributed by atoms with Crippen LogP contribution in [0.1, 0.15) is 78.9 Å². The third-order valence-electron chi connectivity index (χ3n) is 7.27. The summed E-state index contributed by atoms with van der Waals surface area (Å²) in [5.74, 6) is 2.17. The molecule has 2 heterocycles. The lowest BCUT2D eigenvalue weighted by Crippen LogP contribution is -2.40. The number of hydrogen-bond donors (Lipinski definition) is 1. The molecule has 1 amide bonds. The number of likely N-dealkylation sites (tertiary alicyclic amines) is 1. The molecule has 0 radical (unpaired) electrons. The summed E-state index contributed by atoms with van der Waals surface area (Å²) in [5.41, 5.74) is 4.33. The van der Waals surface area contributed by atoms with E-state index in [-0.39, 0.29) is 18.1 Å². The van der Waals surface area contributed by atoms with Crippen LogP contribution in [0.5, 0.6) is 11.5 Å². The Bertz CT molecular complexity index is 1040. The topological polar surface area (TPSA) is 71.4 Å². The van der Waals surface area contributed by atoms with E-state index in [1.165, 1.54) is 11.3 Å². The second-order valence-corrected chi connectivity index (χ2v) is 9.68. The standard InChI is InChI=1S/C28H34N2O4/c1-19(25-4-2-5-26-27(25)34-17-3-16-33-26)29-23-11-10-22(18-23)20-6-8-21(9-7-20)28(32)30-14-12-24(31)13-15-30/h2,4-9,19,22,24,31H,3,10-18H2,1H3/t19-,22+/m1/s1. The average molecular weight is 463 g/mol. The molecule has 5 rings (SSSR count). The van der Waals surface area contributed by atoms with Crippen LogP contribution in [0.25, 0.3) is 0 Å². The smallest absolute Gasteiger partial charge is 0.253 e. The van der Waals surface area contributed by atoms with Crippen LogP contribution in [-0.4, -0.2) is 54.0 Å². The minimum absolute atomic E-state index is 0.0217. The number of aliphatic imine (C=N–C) groups is 1. The fourth-order valence-electron chi connectivity index (χ4n) is 5.27. The molecule has 2 fully saturated rings. The second kappa shape index (κ2) is 10.2. The normalized spacial score (nSPS) is 23.1. The van der Waals surface area contributed by atoms with Crippen LogP contribution < -0.4 is 9.47 Å². The van der Waals surface area contributed by atoms with Gasteiger partial charge in [-0.1, -0.05) is 24.3 Å². The fourth-order valence-corrected chi connectivity index (χ4v) is 5.27. The Balaban J connectivity index is 1.23. The summed E-state index contributed by atoms with van der Waals surface area (Å²) in [6.45, 7) is 4.75. The van der Waals surface area contributed by atoms with Crippen LogP contribution in [0.4, 0.5) is 0 Å². The molecule has 2 aromatic rings. The zero-order chi connectivity index (χ0) is 23.5. The number of benzene rings is 2. The summed E-state index contributed by atoms with van der Waals surface area (Å²) in [5, 5.41) is 9.68. The molecule has 0 spiro atoms. The molecule has 180 valence electrons. The van der Waals surface area contributed by atoms with Gasteiger partial charge in [0, 0.05) is 36.3 Å². The van der Waals surface area contributed by atoms with Gasteiger partial charge in [0.05, 0.1) is 25.4 Å². The van der Waals surface area contributed by atoms with Gasteiger partial charge in [0.15, 0.2) is 11.5 Å². The number of nitrogens with zero attached hydrogens (tertiary/aromatic N) is 2. The number of carbonyl (C=O) groups excluding carboxylic acids is 1. The number of amides is 1. The van der Waals surface area contributed by atoms with Crippen molar-refractivity contribution in [2.24, 2.45) is 4.99 Å². The van der Waals surface area contributed by atoms with E-state index in [4.69, 9.17) is 14.5 Å². The first-order chi connectivity index (χ1) is 16.6. The molecule has 0 bridgehead atoms. The van der Waals surface area contributed by atoms with E-state index < -0.39 is 0 Å². The molecular formula is C28H34N2O4. The van der Waals surface area contributed by atoms with Gasteiger partial charge in [0.2, 0.25) is 0 Å². The molecule has 34 heavy (non-hydrogen) atoms. The highest BCUT2D eigenvalue weighted by Crippen LogP contribution is 2.39. The van der Waals surface area contributed by atoms with Gasteiger partial charge in [-0.2, -0.15) is 0 Å². The maximum absolute atomic E-state index is 12.8. The van der Waals surface area contributed by atoms with Crippen LogP contribution in [0, 0.1) is 0 Å². The van der Waals surface area contributed by atoms with Crippen LogP contribution in [0.15, 0.2) is 47.5 Å². The largest absolute Gasteiger partial charge is 0.490 e. The maximum Gasteiger partial charge on any atom is 0.253 e. The molecule has 3 aliphatic rings. The summed E-state index contributed by atoms with van der Waals surface area (Å²) in [6, 6.07) is 14.2. The first-order valence-corrected chi connectivity index (χ1v) is 12.6. The van der Waals surface area contributed by atoms with Crippen molar-refractivity contribution >= 4 is 11.6 Å². The van der Waals surface area contributed by atoms with Crippen molar-refractivity contribution in [2.45, 2.75) is 63.5 Å². The highest BCUT2D eigenvalue weighted by Gasteiger charge is 2.26. The number of piperidine rings is 1. The first-order valence-electron chi connectivity index (χ1n) is 12.6. The molecule has 2 atom stereocenters. The fraction of sp³-hybridized carbons (Fsp3) is 0.500. The van der Waals surface area contributed by atoms with E-state index >= 15 is 0 Å². The minimum Gasteiger partial charge on any atom is -0.490 e. The zero-order valence-corrected chi connectivity index (χ0v) is 19.9. The molecule has 1 N–H and O–H groups in total. The van der Waals surface area contributed by atoms with Crippen molar-refractivity contribution in [1.82, 2.24) is 4.90 Å². The van der Waals surface area contributed by atoms with E-state index in [1.54, 1.807) is 0 Å². The average Bonchev–Trinajstić information content (AvgIpc) is 3.19. The van der Waals surface area contributed by atoms with E-state index in [1.807, 2.05) is 29.2 Å². The van der Waals surface area contributed by atoms with Gasteiger partial charge in [-0.3, -0.25) is 9.79 Å². The number of carbonyl (C=O) groups is 1. The summed E-state index contributed by atoms with van der Waals surface area (Å²) in [7, 11) is 0. The Labute approximate surface area is 201 Å². The monoisotopic (exact) mass is 462 g/mol. The zero-order valence-electron chi connectivity index (χ0n) is 19.9. The predicted molar refractivity (Wildman–Crippen MR) is 132 cm³/mol. The second-order valence-electron chi connectivity index (χ2n) is 9.68. The molecule has 2 aromatic carbocycles. The number of hydrogen-bond acceptors (Lipinski definition) is 5. The van der Waals surface area contributed by atoms with Crippen molar-refractivity contribution in [2.75, 3.05) is 26.3 Å². The summed E-state index contributed by atoms with van der Waals surface area (Å²) >= 11 is 0. The predicted octanol–water partition coefficient (Wildman–Crippen LogP) is 4.91. The summed E-state index contributed by atoms with van der Waals surface area (Å²) in [6.07, 6.45) is 4.98. The quantitative estimate of drug-likeness (QED) is 0.701. The van der Waals surface area contributed by atoms with Crippen molar-refractivity contribution in [1.29, 1.82) is 0 Å². The lowest BCUT2D eigenvalue weighted by molar-refractivity contribution is 0.0546. The molecule has 6 heteroatoms. The lowest BCUT2D eigenvalue weighted by Gasteiger charge is -2.29. The van der Waals surface area contributed by atoms with Gasteiger partial charge in [-0.15, -0.1) is 0 Å². The SMILES string of the molecule is C[C@@H](N=C1CC[C@H](c2ccc(C(=O)N3CCC(O)CC3)cc2)C1)c1cccc2c1OCCCO2. The van der Waals surface area contributed by atoms with Crippen LogP contribution in [0.2, 0.25) is 0 Å². The number of aliphatic hydroxyl groups excluding tert-OH is 1. The third-order valence-corrected chi connectivity index (χ3v) is 7.27. The Morgan fingerprint density at radius 3 is 2.62 bits per heavy atom. The molecule has 0 aromatic heterocycles. The van der Waals surface area contributed by atoms with Crippen molar-refractivity contribution in [3.8, 4) is 11.5 Å². The molecule has 6 nitrogen and oxygen atoms in total. The Morgan fingerprint density at radius 1 is 1.06 bits per heavy atom. The van der Waals surface area contributed by atoms with Gasteiger partial charge in [-0.05, 0) is 68.7 Å². The molecule has 1 aliphatic carbocycles. The van der Waals surface area contributed by atoms with Crippen LogP contribution in [-0.2, 0) is 0 Å². The third kappa shape index (κ3) is 4.97. The number of aliphatic hydroxyl groups is 1. The van der Waals surface area contributed by atoms with E-state index in [0.717, 1.165) is 48.3 Å². The van der Waals surface area contributed by atoms with E-state index in [9.17, 15) is 9.90 Å². The Morgan fingerprint density at radius 2 is 1.82 bits per heavy atom. The first kappa shape index (κ1) is 22.9. The molecule has 2 aliphatic heterocycles. The van der Waals surface area contributed by atoms with Crippen molar-refractivity contribution < 1.29 is 19.4 Å². The highest BCUT2D eigenvalue weighted by molar-refractivity contribution is 5.94. The molecule has 1 saturated heterocycles. The van der Waals surface area contributed by atoms with Gasteiger partial charge in [-0.25, -0.2) is 0 Å². The summed E-state index contributed by atoms with van der Waals surface area (Å²) < 4.78 is 11.8. The number of fused-ring (bicyclic) bond motifs is 1. The molecular weight excluding hydrogens is 428 g/mol. The Kier molecular flexibility index (Phi) is 6.86. The number of para-hydroxylation sites is 1. The van der Waals surface area contributed by atoms with Crippen molar-refractivity contribution in [3.05, 3.63) is 59.2 Å². The van der Waals surface area contributed by atoms with Crippen LogP contribution in [0.3, 0.4) is 0 Å². The van der Waals surface area contributed by atoms with Gasteiger partial charge in [0.25, 0.3) is 5.91 Å². The molecule has 0 unspecified atom stereocenters. The van der Waals surface area contributed by atoms with Gasteiger partial charge in [0.1, 0.15) is 0 Å². The van der Waals surface area contributed by atoms with E-state index in [0.29, 0.717) is 45.1 Å². The lowest BCUT2D eigenvalue weighted by atomic mass is 9.96. The maximum atomic E-state index is 12.8. The highest BCUT2D eigenvalue weighted by atomic mass is 16.5. The van der Waals surface area contributed by atoms with Crippen molar-refractivity contribution in [3.63, 3.8) is 0 Å². The molecule has 1 saturated carbocycles. The van der Waals surface area contributed by atoms with Crippen LogP contribution >= 0.6 is 0 Å². The number of ether oxygens (including phenoxy) is 2. The minimum atomic E-state index is -0.273.